The summed E-state index contributed by atoms with van der Waals surface area (Å²) >= 11 is 0. The third-order valence-corrected chi connectivity index (χ3v) is 4.31. The van der Waals surface area contributed by atoms with E-state index in [-0.39, 0.29) is 5.60 Å². The van der Waals surface area contributed by atoms with Gasteiger partial charge in [0.25, 0.3) is 0 Å². The minimum absolute atomic E-state index is 0.0645. The van der Waals surface area contributed by atoms with Gasteiger partial charge in [-0.25, -0.2) is 0 Å². The maximum atomic E-state index is 6.29. The largest absolute Gasteiger partial charge is 0.385 e. The van der Waals surface area contributed by atoms with Crippen molar-refractivity contribution in [2.75, 3.05) is 26.9 Å². The summed E-state index contributed by atoms with van der Waals surface area (Å²) in [5.41, 5.74) is 0.0645. The molecule has 1 unspecified atom stereocenters. The van der Waals surface area contributed by atoms with Gasteiger partial charge < -0.3 is 14.8 Å². The quantitative estimate of drug-likeness (QED) is 0.514. The number of rotatable bonds is 9. The molecular weight excluding hydrogens is 238 g/mol. The van der Waals surface area contributed by atoms with Gasteiger partial charge in [-0.15, -0.1) is 0 Å². The van der Waals surface area contributed by atoms with Gasteiger partial charge in [0, 0.05) is 26.4 Å². The van der Waals surface area contributed by atoms with E-state index in [1.54, 1.807) is 7.11 Å². The lowest BCUT2D eigenvalue weighted by Gasteiger charge is -2.41. The molecule has 1 rings (SSSR count). The molecule has 0 aromatic heterocycles. The van der Waals surface area contributed by atoms with Crippen LogP contribution >= 0.6 is 0 Å². The van der Waals surface area contributed by atoms with Gasteiger partial charge in [-0.05, 0) is 39.2 Å². The molecule has 1 N–H and O–H groups in total. The molecule has 19 heavy (non-hydrogen) atoms. The maximum Gasteiger partial charge on any atom is 0.0834 e. The second-order valence-electron chi connectivity index (χ2n) is 5.66. The Labute approximate surface area is 119 Å². The molecule has 3 heteroatoms. The van der Waals surface area contributed by atoms with Crippen LogP contribution in [-0.4, -0.2) is 38.5 Å². The first-order valence-corrected chi connectivity index (χ1v) is 8.15. The van der Waals surface area contributed by atoms with Crippen molar-refractivity contribution in [3.8, 4) is 0 Å². The van der Waals surface area contributed by atoms with Gasteiger partial charge in [0.1, 0.15) is 0 Å². The van der Waals surface area contributed by atoms with Gasteiger partial charge in [0.15, 0.2) is 0 Å². The highest BCUT2D eigenvalue weighted by atomic mass is 16.5. The van der Waals surface area contributed by atoms with E-state index in [9.17, 15) is 0 Å². The Bertz CT molecular complexity index is 213. The highest BCUT2D eigenvalue weighted by Gasteiger charge is 2.38. The van der Waals surface area contributed by atoms with E-state index >= 15 is 0 Å². The Kier molecular flexibility index (Phi) is 8.67. The second kappa shape index (κ2) is 9.73. The highest BCUT2D eigenvalue weighted by Crippen LogP contribution is 2.35. The normalized spacial score (nSPS) is 21.0. The fourth-order valence-electron chi connectivity index (χ4n) is 3.44. The van der Waals surface area contributed by atoms with Gasteiger partial charge >= 0.3 is 0 Å². The summed E-state index contributed by atoms with van der Waals surface area (Å²) in [5, 5.41) is 3.68. The van der Waals surface area contributed by atoms with Crippen LogP contribution in [0, 0.1) is 0 Å². The van der Waals surface area contributed by atoms with Crippen LogP contribution in [0.5, 0.6) is 0 Å². The molecule has 1 fully saturated rings. The average molecular weight is 271 g/mol. The van der Waals surface area contributed by atoms with Crippen LogP contribution in [-0.2, 0) is 9.47 Å². The molecule has 0 aromatic carbocycles. The number of hydrogen-bond acceptors (Lipinski definition) is 3. The van der Waals surface area contributed by atoms with E-state index in [4.69, 9.17) is 9.47 Å². The summed E-state index contributed by atoms with van der Waals surface area (Å²) in [6, 6.07) is 0.477. The summed E-state index contributed by atoms with van der Waals surface area (Å²) in [7, 11) is 1.78. The second-order valence-corrected chi connectivity index (χ2v) is 5.66. The number of likely N-dealkylation sites (N-methyl/N-ethyl adjacent to an activating group) is 1. The zero-order valence-corrected chi connectivity index (χ0v) is 13.2. The van der Waals surface area contributed by atoms with E-state index in [1.165, 1.54) is 38.5 Å². The third-order valence-electron chi connectivity index (χ3n) is 4.31. The smallest absolute Gasteiger partial charge is 0.0834 e. The molecule has 0 saturated heterocycles. The SMILES string of the molecule is CCNC(CCCOC)C1(OCC)CCCCCC1. The van der Waals surface area contributed by atoms with E-state index in [2.05, 4.69) is 19.2 Å². The number of methoxy groups -OCH3 is 1. The maximum absolute atomic E-state index is 6.29. The van der Waals surface area contributed by atoms with E-state index in [0.717, 1.165) is 32.6 Å². The first-order valence-electron chi connectivity index (χ1n) is 8.15. The van der Waals surface area contributed by atoms with Crippen LogP contribution in [0.2, 0.25) is 0 Å². The van der Waals surface area contributed by atoms with Crippen molar-refractivity contribution in [3.63, 3.8) is 0 Å². The van der Waals surface area contributed by atoms with Crippen LogP contribution in [0.25, 0.3) is 0 Å². The van der Waals surface area contributed by atoms with Crippen LogP contribution in [0.15, 0.2) is 0 Å². The van der Waals surface area contributed by atoms with Crippen LogP contribution in [0.4, 0.5) is 0 Å². The summed E-state index contributed by atoms with van der Waals surface area (Å²) in [6.07, 6.45) is 10.1. The molecule has 0 spiro atoms. The molecule has 0 aliphatic heterocycles. The Morgan fingerprint density at radius 3 is 2.32 bits per heavy atom. The molecule has 0 bridgehead atoms. The van der Waals surface area contributed by atoms with Crippen molar-refractivity contribution in [1.82, 2.24) is 5.32 Å². The molecule has 114 valence electrons. The Morgan fingerprint density at radius 2 is 1.79 bits per heavy atom. The molecule has 1 saturated carbocycles. The van der Waals surface area contributed by atoms with Crippen molar-refractivity contribution in [2.24, 2.45) is 0 Å². The van der Waals surface area contributed by atoms with Crippen LogP contribution in [0.1, 0.15) is 65.2 Å². The van der Waals surface area contributed by atoms with Crippen LogP contribution in [0.3, 0.4) is 0 Å². The van der Waals surface area contributed by atoms with Gasteiger partial charge in [-0.1, -0.05) is 32.6 Å². The fraction of sp³-hybridized carbons (Fsp3) is 1.00. The summed E-state index contributed by atoms with van der Waals surface area (Å²) in [6.45, 7) is 7.02. The molecular formula is C16H33NO2. The third kappa shape index (κ3) is 5.41. The van der Waals surface area contributed by atoms with Gasteiger partial charge in [-0.3, -0.25) is 0 Å². The van der Waals surface area contributed by atoms with Gasteiger partial charge in [0.05, 0.1) is 5.60 Å². The Morgan fingerprint density at radius 1 is 1.11 bits per heavy atom. The minimum Gasteiger partial charge on any atom is -0.385 e. The number of nitrogens with one attached hydrogen (secondary N) is 1. The molecule has 1 aliphatic rings. The van der Waals surface area contributed by atoms with Crippen molar-refractivity contribution in [2.45, 2.75) is 76.9 Å². The lowest BCUT2D eigenvalue weighted by Crippen LogP contribution is -2.52. The Balaban J connectivity index is 2.70. The van der Waals surface area contributed by atoms with Crippen molar-refractivity contribution < 1.29 is 9.47 Å². The highest BCUT2D eigenvalue weighted by molar-refractivity contribution is 4.94. The zero-order chi connectivity index (χ0) is 14.0. The van der Waals surface area contributed by atoms with Crippen molar-refractivity contribution in [1.29, 1.82) is 0 Å². The monoisotopic (exact) mass is 271 g/mol. The predicted molar refractivity (Wildman–Crippen MR) is 80.6 cm³/mol. The van der Waals surface area contributed by atoms with Crippen molar-refractivity contribution in [3.05, 3.63) is 0 Å². The topological polar surface area (TPSA) is 30.5 Å². The van der Waals surface area contributed by atoms with E-state index < -0.39 is 0 Å². The summed E-state index contributed by atoms with van der Waals surface area (Å²) in [5.74, 6) is 0. The van der Waals surface area contributed by atoms with Gasteiger partial charge in [0.2, 0.25) is 0 Å². The standard InChI is InChI=1S/C16H33NO2/c1-4-17-15(11-10-14-18-3)16(19-5-2)12-8-6-7-9-13-16/h15,17H,4-14H2,1-3H3. The summed E-state index contributed by atoms with van der Waals surface area (Å²) < 4.78 is 11.5. The molecule has 0 radical (unpaired) electrons. The molecule has 0 heterocycles. The average Bonchev–Trinajstić information content (AvgIpc) is 2.65. The van der Waals surface area contributed by atoms with Gasteiger partial charge in [-0.2, -0.15) is 0 Å². The number of ether oxygens (including phenoxy) is 2. The lowest BCUT2D eigenvalue weighted by molar-refractivity contribution is -0.0793. The fourth-order valence-corrected chi connectivity index (χ4v) is 3.44. The Hall–Kier alpha value is -0.120. The van der Waals surface area contributed by atoms with E-state index in [1.807, 2.05) is 0 Å². The molecule has 0 amide bonds. The molecule has 1 aliphatic carbocycles. The van der Waals surface area contributed by atoms with E-state index in [0.29, 0.717) is 6.04 Å². The van der Waals surface area contributed by atoms with Crippen LogP contribution < -0.4 is 5.32 Å². The predicted octanol–water partition coefficient (Wildman–Crippen LogP) is 3.52. The first kappa shape index (κ1) is 16.9. The van der Waals surface area contributed by atoms with Crippen molar-refractivity contribution >= 4 is 0 Å². The summed E-state index contributed by atoms with van der Waals surface area (Å²) in [4.78, 5) is 0. The molecule has 0 aromatic rings. The first-order chi connectivity index (χ1) is 9.29. The molecule has 1 atom stereocenters. The zero-order valence-electron chi connectivity index (χ0n) is 13.2. The minimum atomic E-state index is 0.0645. The number of hydrogen-bond donors (Lipinski definition) is 1. The lowest BCUT2D eigenvalue weighted by atomic mass is 9.83. The molecule has 3 nitrogen and oxygen atoms in total.